The van der Waals surface area contributed by atoms with Gasteiger partial charge in [0, 0.05) is 38.3 Å². The van der Waals surface area contributed by atoms with E-state index >= 15 is 0 Å². The van der Waals surface area contributed by atoms with Crippen LogP contribution in [0, 0.1) is 0 Å². The molecule has 0 radical (unpaired) electrons. The van der Waals surface area contributed by atoms with E-state index in [1.807, 2.05) is 25.4 Å². The van der Waals surface area contributed by atoms with Gasteiger partial charge in [0.15, 0.2) is 0 Å². The molecule has 2 aromatic heterocycles. The molecule has 0 atom stereocenters. The van der Waals surface area contributed by atoms with Gasteiger partial charge in [-0.05, 0) is 11.6 Å². The molecule has 2 heterocycles. The van der Waals surface area contributed by atoms with E-state index in [1.54, 1.807) is 18.6 Å². The molecular weight excluding hydrogens is 188 g/mol. The van der Waals surface area contributed by atoms with Gasteiger partial charge in [0.2, 0.25) is 0 Å². The Morgan fingerprint density at radius 1 is 1.20 bits per heavy atom. The Labute approximate surface area is 88.4 Å². The Bertz CT molecular complexity index is 428. The van der Waals surface area contributed by atoms with E-state index in [9.17, 15) is 0 Å². The minimum absolute atomic E-state index is 0.748. The summed E-state index contributed by atoms with van der Waals surface area (Å²) in [6.45, 7) is 0. The van der Waals surface area contributed by atoms with E-state index in [0.717, 1.165) is 23.5 Å². The van der Waals surface area contributed by atoms with Crippen molar-refractivity contribution in [2.24, 2.45) is 0 Å². The smallest absolute Gasteiger partial charge is 0.147 e. The first-order valence-corrected chi connectivity index (χ1v) is 4.76. The van der Waals surface area contributed by atoms with Crippen LogP contribution in [-0.2, 0) is 6.42 Å². The first-order chi connectivity index (χ1) is 7.40. The van der Waals surface area contributed by atoms with Crippen LogP contribution in [0.4, 0.5) is 5.82 Å². The second kappa shape index (κ2) is 4.50. The Balaban J connectivity index is 2.24. The number of pyridine rings is 1. The van der Waals surface area contributed by atoms with Crippen molar-refractivity contribution in [3.05, 3.63) is 48.2 Å². The van der Waals surface area contributed by atoms with Gasteiger partial charge in [-0.2, -0.15) is 0 Å². The van der Waals surface area contributed by atoms with Crippen LogP contribution in [0.3, 0.4) is 0 Å². The molecule has 0 aliphatic heterocycles. The maximum Gasteiger partial charge on any atom is 0.147 e. The van der Waals surface area contributed by atoms with Crippen LogP contribution in [0.5, 0.6) is 0 Å². The van der Waals surface area contributed by atoms with Crippen molar-refractivity contribution in [2.75, 3.05) is 12.4 Å². The third kappa shape index (κ3) is 2.28. The molecule has 2 aromatic rings. The molecule has 0 fully saturated rings. The summed E-state index contributed by atoms with van der Waals surface area (Å²) in [6, 6.07) is 3.95. The number of hydrogen-bond acceptors (Lipinski definition) is 4. The molecule has 0 aliphatic rings. The van der Waals surface area contributed by atoms with Crippen molar-refractivity contribution in [1.82, 2.24) is 15.0 Å². The van der Waals surface area contributed by atoms with Crippen molar-refractivity contribution in [1.29, 1.82) is 0 Å². The standard InChI is InChI=1S/C11H12N4/c1-12-11-10(14-5-6-15-11)7-9-3-2-4-13-8-9/h2-6,8H,7H2,1H3,(H,12,15). The summed E-state index contributed by atoms with van der Waals surface area (Å²) < 4.78 is 0. The van der Waals surface area contributed by atoms with Crippen LogP contribution in [0.25, 0.3) is 0 Å². The predicted octanol–water partition coefficient (Wildman–Crippen LogP) is 1.50. The minimum atomic E-state index is 0.748. The molecule has 0 amide bonds. The van der Waals surface area contributed by atoms with Crippen LogP contribution in [-0.4, -0.2) is 22.0 Å². The molecule has 0 spiro atoms. The molecule has 0 bridgehead atoms. The molecule has 0 saturated carbocycles. The lowest BCUT2D eigenvalue weighted by molar-refractivity contribution is 1.02. The Morgan fingerprint density at radius 2 is 2.07 bits per heavy atom. The summed E-state index contributed by atoms with van der Waals surface area (Å²) in [5.74, 6) is 0.821. The highest BCUT2D eigenvalue weighted by Crippen LogP contribution is 2.12. The largest absolute Gasteiger partial charge is 0.372 e. The lowest BCUT2D eigenvalue weighted by Gasteiger charge is -2.05. The van der Waals surface area contributed by atoms with Crippen molar-refractivity contribution in [3.8, 4) is 0 Å². The first kappa shape index (κ1) is 9.58. The number of anilines is 1. The molecule has 1 N–H and O–H groups in total. The number of rotatable bonds is 3. The van der Waals surface area contributed by atoms with Gasteiger partial charge in [-0.25, -0.2) is 4.98 Å². The van der Waals surface area contributed by atoms with Crippen LogP contribution in [0.1, 0.15) is 11.3 Å². The molecule has 0 aromatic carbocycles. The second-order valence-electron chi connectivity index (χ2n) is 3.14. The fourth-order valence-electron chi connectivity index (χ4n) is 1.40. The van der Waals surface area contributed by atoms with E-state index in [1.165, 1.54) is 0 Å². The Hall–Kier alpha value is -1.97. The van der Waals surface area contributed by atoms with Gasteiger partial charge in [0.05, 0.1) is 5.69 Å². The fraction of sp³-hybridized carbons (Fsp3) is 0.182. The minimum Gasteiger partial charge on any atom is -0.372 e. The molecule has 4 heteroatoms. The van der Waals surface area contributed by atoms with Gasteiger partial charge < -0.3 is 5.32 Å². The summed E-state index contributed by atoms with van der Waals surface area (Å²) in [6.07, 6.45) is 7.73. The van der Waals surface area contributed by atoms with E-state index in [4.69, 9.17) is 0 Å². The molecule has 4 nitrogen and oxygen atoms in total. The summed E-state index contributed by atoms with van der Waals surface area (Å²) in [5.41, 5.74) is 2.07. The van der Waals surface area contributed by atoms with Crippen LogP contribution in [0.15, 0.2) is 36.9 Å². The van der Waals surface area contributed by atoms with Gasteiger partial charge in [0.25, 0.3) is 0 Å². The second-order valence-corrected chi connectivity index (χ2v) is 3.14. The summed E-state index contributed by atoms with van der Waals surface area (Å²) in [4.78, 5) is 12.6. The third-order valence-electron chi connectivity index (χ3n) is 2.11. The zero-order chi connectivity index (χ0) is 10.5. The average molecular weight is 200 g/mol. The molecule has 0 saturated heterocycles. The SMILES string of the molecule is CNc1nccnc1Cc1cccnc1. The zero-order valence-electron chi connectivity index (χ0n) is 8.51. The van der Waals surface area contributed by atoms with Crippen molar-refractivity contribution in [2.45, 2.75) is 6.42 Å². The van der Waals surface area contributed by atoms with Crippen molar-refractivity contribution in [3.63, 3.8) is 0 Å². The zero-order valence-corrected chi connectivity index (χ0v) is 8.51. The van der Waals surface area contributed by atoms with Gasteiger partial charge in [-0.15, -0.1) is 0 Å². The molecular formula is C11H12N4. The first-order valence-electron chi connectivity index (χ1n) is 4.76. The van der Waals surface area contributed by atoms with Crippen molar-refractivity contribution >= 4 is 5.82 Å². The summed E-state index contributed by atoms with van der Waals surface area (Å²) in [7, 11) is 1.84. The third-order valence-corrected chi connectivity index (χ3v) is 2.11. The highest BCUT2D eigenvalue weighted by Gasteiger charge is 2.03. The van der Waals surface area contributed by atoms with Gasteiger partial charge in [0.1, 0.15) is 5.82 Å². The molecule has 76 valence electrons. The summed E-state index contributed by atoms with van der Waals surface area (Å²) >= 11 is 0. The predicted molar refractivity (Wildman–Crippen MR) is 58.6 cm³/mol. The van der Waals surface area contributed by atoms with Crippen LogP contribution >= 0.6 is 0 Å². The summed E-state index contributed by atoms with van der Waals surface area (Å²) in [5, 5.41) is 3.02. The van der Waals surface area contributed by atoms with Gasteiger partial charge in [-0.1, -0.05) is 6.07 Å². The van der Waals surface area contributed by atoms with Gasteiger partial charge in [-0.3, -0.25) is 9.97 Å². The molecule has 0 aliphatic carbocycles. The van der Waals surface area contributed by atoms with Gasteiger partial charge >= 0.3 is 0 Å². The number of nitrogens with one attached hydrogen (secondary N) is 1. The van der Waals surface area contributed by atoms with E-state index < -0.39 is 0 Å². The average Bonchev–Trinajstić information content (AvgIpc) is 2.31. The Kier molecular flexibility index (Phi) is 2.88. The molecule has 15 heavy (non-hydrogen) atoms. The molecule has 2 rings (SSSR count). The van der Waals surface area contributed by atoms with Crippen LogP contribution in [0.2, 0.25) is 0 Å². The maximum absolute atomic E-state index is 4.29. The highest BCUT2D eigenvalue weighted by molar-refractivity contribution is 5.40. The molecule has 0 unspecified atom stereocenters. The van der Waals surface area contributed by atoms with E-state index in [2.05, 4.69) is 20.3 Å². The monoisotopic (exact) mass is 200 g/mol. The topological polar surface area (TPSA) is 50.7 Å². The van der Waals surface area contributed by atoms with Crippen LogP contribution < -0.4 is 5.32 Å². The highest BCUT2D eigenvalue weighted by atomic mass is 15.0. The Morgan fingerprint density at radius 3 is 2.80 bits per heavy atom. The van der Waals surface area contributed by atoms with Crippen molar-refractivity contribution < 1.29 is 0 Å². The lowest BCUT2D eigenvalue weighted by Crippen LogP contribution is -2.01. The maximum atomic E-state index is 4.29. The number of hydrogen-bond donors (Lipinski definition) is 1. The quantitative estimate of drug-likeness (QED) is 0.815. The number of nitrogens with zero attached hydrogens (tertiary/aromatic N) is 3. The fourth-order valence-corrected chi connectivity index (χ4v) is 1.40. The normalized spacial score (nSPS) is 9.93. The lowest BCUT2D eigenvalue weighted by atomic mass is 10.1. The number of aromatic nitrogens is 3. The van der Waals surface area contributed by atoms with E-state index in [-0.39, 0.29) is 0 Å². The van der Waals surface area contributed by atoms with E-state index in [0.29, 0.717) is 0 Å².